The van der Waals surface area contributed by atoms with Gasteiger partial charge in [0.2, 0.25) is 0 Å². The predicted molar refractivity (Wildman–Crippen MR) is 112 cm³/mol. The number of nitrogens with two attached hydrogens (primary N) is 1. The van der Waals surface area contributed by atoms with Crippen LogP contribution in [0.2, 0.25) is 0 Å². The summed E-state index contributed by atoms with van der Waals surface area (Å²) in [6, 6.07) is 9.60. The number of hydrogen-bond acceptors (Lipinski definition) is 8. The van der Waals surface area contributed by atoms with Crippen LogP contribution < -0.4 is 21.6 Å². The van der Waals surface area contributed by atoms with Crippen molar-refractivity contribution >= 4 is 17.6 Å². The molecule has 9 heteroatoms. The van der Waals surface area contributed by atoms with Crippen molar-refractivity contribution in [1.29, 1.82) is 0 Å². The topological polar surface area (TPSA) is 126 Å². The van der Waals surface area contributed by atoms with E-state index in [1.807, 2.05) is 55.4 Å². The third-order valence-electron chi connectivity index (χ3n) is 4.79. The van der Waals surface area contributed by atoms with Crippen molar-refractivity contribution in [2.24, 2.45) is 0 Å². The molecule has 156 valence electrons. The molecule has 2 heterocycles. The Balaban J connectivity index is 1.51. The zero-order valence-corrected chi connectivity index (χ0v) is 16.5. The molecule has 5 N–H and O–H groups in total. The van der Waals surface area contributed by atoms with Gasteiger partial charge < -0.3 is 30.9 Å². The first-order valence-corrected chi connectivity index (χ1v) is 9.37. The second kappa shape index (κ2) is 9.19. The molecule has 2 aromatic rings. The van der Waals surface area contributed by atoms with Crippen LogP contribution in [0.5, 0.6) is 0 Å². The minimum Gasteiger partial charge on any atom is -0.387 e. The standard InChI is InChI=1S/C20H27N5O4/c1-24(2)14-7-5-13(6-8-14)4-3-10-22-12-15-17(26)18(27)19(29-15)25-11-9-16(21)23-20(25)28/h3-9,11,15,17-19,22,26-27H,10,12H2,1-2H3,(H2,21,23,28)/b4-3+/t15-,17-,18-,19-/m1/s1. The SMILES string of the molecule is CN(C)c1ccc(/C=C/CNC[C@H]2O[C@@H](n3ccc(N)nc3=O)[C@H](O)[C@@H]2O)cc1. The lowest BCUT2D eigenvalue weighted by Gasteiger charge is -2.16. The Kier molecular flexibility index (Phi) is 6.65. The van der Waals surface area contributed by atoms with Crippen LogP contribution in [0.25, 0.3) is 6.08 Å². The van der Waals surface area contributed by atoms with Crippen LogP contribution in [0.4, 0.5) is 11.5 Å². The molecule has 1 saturated heterocycles. The van der Waals surface area contributed by atoms with Crippen LogP contribution in [-0.4, -0.2) is 65.3 Å². The fraction of sp³-hybridized carbons (Fsp3) is 0.400. The smallest absolute Gasteiger partial charge is 0.351 e. The summed E-state index contributed by atoms with van der Waals surface area (Å²) in [5, 5.41) is 23.7. The molecule has 3 rings (SSSR count). The first kappa shape index (κ1) is 21.0. The van der Waals surface area contributed by atoms with Gasteiger partial charge in [-0.15, -0.1) is 0 Å². The Bertz CT molecular complexity index is 896. The molecule has 1 aromatic carbocycles. The van der Waals surface area contributed by atoms with E-state index < -0.39 is 30.2 Å². The Hall–Kier alpha value is -2.72. The van der Waals surface area contributed by atoms with E-state index in [4.69, 9.17) is 10.5 Å². The van der Waals surface area contributed by atoms with Crippen molar-refractivity contribution < 1.29 is 14.9 Å². The average Bonchev–Trinajstić information content (AvgIpc) is 2.96. The third kappa shape index (κ3) is 5.01. The van der Waals surface area contributed by atoms with Gasteiger partial charge in [0.15, 0.2) is 6.23 Å². The van der Waals surface area contributed by atoms with Gasteiger partial charge >= 0.3 is 5.69 Å². The number of aromatic nitrogens is 2. The van der Waals surface area contributed by atoms with Crippen LogP contribution in [0.3, 0.4) is 0 Å². The lowest BCUT2D eigenvalue weighted by Crippen LogP contribution is -2.38. The summed E-state index contributed by atoms with van der Waals surface area (Å²) in [6.45, 7) is 0.877. The molecule has 1 aliphatic heterocycles. The number of rotatable bonds is 7. The summed E-state index contributed by atoms with van der Waals surface area (Å²) in [4.78, 5) is 17.6. The summed E-state index contributed by atoms with van der Waals surface area (Å²) in [6.07, 6.45) is 1.32. The number of aliphatic hydroxyl groups excluding tert-OH is 2. The summed E-state index contributed by atoms with van der Waals surface area (Å²) in [5.74, 6) is 0.0839. The van der Waals surface area contributed by atoms with E-state index >= 15 is 0 Å². The van der Waals surface area contributed by atoms with Gasteiger partial charge in [-0.3, -0.25) is 4.57 Å². The van der Waals surface area contributed by atoms with Crippen molar-refractivity contribution in [3.63, 3.8) is 0 Å². The van der Waals surface area contributed by atoms with Crippen molar-refractivity contribution in [3.8, 4) is 0 Å². The average molecular weight is 401 g/mol. The molecule has 1 aromatic heterocycles. The number of aliphatic hydroxyl groups is 2. The number of benzene rings is 1. The molecule has 0 spiro atoms. The number of nitrogens with one attached hydrogen (secondary N) is 1. The number of hydrogen-bond donors (Lipinski definition) is 4. The molecule has 4 atom stereocenters. The van der Waals surface area contributed by atoms with Crippen molar-refractivity contribution in [3.05, 3.63) is 58.7 Å². The van der Waals surface area contributed by atoms with Crippen molar-refractivity contribution in [2.75, 3.05) is 37.8 Å². The first-order valence-electron chi connectivity index (χ1n) is 9.37. The molecular formula is C20H27N5O4. The normalized spacial score (nSPS) is 24.3. The fourth-order valence-electron chi connectivity index (χ4n) is 3.13. The van der Waals surface area contributed by atoms with Crippen LogP contribution in [0, 0.1) is 0 Å². The molecule has 0 bridgehead atoms. The zero-order chi connectivity index (χ0) is 21.0. The van der Waals surface area contributed by atoms with E-state index in [9.17, 15) is 15.0 Å². The molecule has 1 fully saturated rings. The molecule has 0 saturated carbocycles. The highest BCUT2D eigenvalue weighted by Crippen LogP contribution is 2.28. The van der Waals surface area contributed by atoms with E-state index in [1.165, 1.54) is 12.3 Å². The van der Waals surface area contributed by atoms with Gasteiger partial charge in [-0.2, -0.15) is 4.98 Å². The van der Waals surface area contributed by atoms with E-state index in [1.54, 1.807) is 0 Å². The highest BCUT2D eigenvalue weighted by molar-refractivity contribution is 5.55. The molecule has 1 aliphatic rings. The molecular weight excluding hydrogens is 374 g/mol. The molecule has 0 radical (unpaired) electrons. The summed E-state index contributed by atoms with van der Waals surface area (Å²) >= 11 is 0. The minimum absolute atomic E-state index is 0.0839. The Morgan fingerprint density at radius 1 is 1.24 bits per heavy atom. The number of anilines is 2. The van der Waals surface area contributed by atoms with Crippen LogP contribution >= 0.6 is 0 Å². The van der Waals surface area contributed by atoms with Crippen LogP contribution in [0.1, 0.15) is 11.8 Å². The minimum atomic E-state index is -1.24. The summed E-state index contributed by atoms with van der Waals surface area (Å²) < 4.78 is 6.81. The zero-order valence-electron chi connectivity index (χ0n) is 16.5. The number of nitrogens with zero attached hydrogens (tertiary/aromatic N) is 3. The molecule has 0 amide bonds. The maximum Gasteiger partial charge on any atom is 0.351 e. The quantitative estimate of drug-likeness (QED) is 0.471. The lowest BCUT2D eigenvalue weighted by molar-refractivity contribution is -0.0388. The number of nitrogen functional groups attached to an aromatic ring is 1. The predicted octanol–water partition coefficient (Wildman–Crippen LogP) is -0.186. The molecule has 0 aliphatic carbocycles. The van der Waals surface area contributed by atoms with Gasteiger partial charge in [0.05, 0.1) is 0 Å². The maximum absolute atomic E-state index is 11.9. The lowest BCUT2D eigenvalue weighted by atomic mass is 10.1. The van der Waals surface area contributed by atoms with E-state index in [-0.39, 0.29) is 5.82 Å². The van der Waals surface area contributed by atoms with Gasteiger partial charge in [-0.05, 0) is 23.8 Å². The maximum atomic E-state index is 11.9. The third-order valence-corrected chi connectivity index (χ3v) is 4.79. The highest BCUT2D eigenvalue weighted by atomic mass is 16.6. The Morgan fingerprint density at radius 2 is 1.97 bits per heavy atom. The molecule has 9 nitrogen and oxygen atoms in total. The monoisotopic (exact) mass is 401 g/mol. The highest BCUT2D eigenvalue weighted by Gasteiger charge is 2.43. The van der Waals surface area contributed by atoms with Gasteiger partial charge in [0.25, 0.3) is 0 Å². The second-order valence-corrected chi connectivity index (χ2v) is 7.14. The van der Waals surface area contributed by atoms with E-state index in [0.717, 1.165) is 15.8 Å². The Labute approximate surface area is 169 Å². The number of ether oxygens (including phenoxy) is 1. The molecule has 0 unspecified atom stereocenters. The summed E-state index contributed by atoms with van der Waals surface area (Å²) in [7, 11) is 3.99. The van der Waals surface area contributed by atoms with E-state index in [2.05, 4.69) is 10.3 Å². The van der Waals surface area contributed by atoms with Crippen molar-refractivity contribution in [1.82, 2.24) is 14.9 Å². The van der Waals surface area contributed by atoms with Crippen LogP contribution in [0.15, 0.2) is 47.4 Å². The van der Waals surface area contributed by atoms with Gasteiger partial charge in [-0.25, -0.2) is 4.79 Å². The second-order valence-electron chi connectivity index (χ2n) is 7.14. The van der Waals surface area contributed by atoms with Crippen molar-refractivity contribution in [2.45, 2.75) is 24.5 Å². The summed E-state index contributed by atoms with van der Waals surface area (Å²) in [5.41, 5.74) is 7.05. The van der Waals surface area contributed by atoms with Gasteiger partial charge in [0.1, 0.15) is 24.1 Å². The van der Waals surface area contributed by atoms with E-state index in [0.29, 0.717) is 13.1 Å². The Morgan fingerprint density at radius 3 is 2.62 bits per heavy atom. The largest absolute Gasteiger partial charge is 0.387 e. The van der Waals surface area contributed by atoms with Gasteiger partial charge in [-0.1, -0.05) is 24.3 Å². The molecule has 29 heavy (non-hydrogen) atoms. The fourth-order valence-corrected chi connectivity index (χ4v) is 3.13. The van der Waals surface area contributed by atoms with Crippen LogP contribution in [-0.2, 0) is 4.74 Å². The first-order chi connectivity index (χ1) is 13.9. The van der Waals surface area contributed by atoms with Gasteiger partial charge in [0, 0.05) is 39.1 Å².